The topological polar surface area (TPSA) is 62.2 Å². The summed E-state index contributed by atoms with van der Waals surface area (Å²) in [6.45, 7) is 2.29. The van der Waals surface area contributed by atoms with E-state index in [9.17, 15) is 9.90 Å². The first-order chi connectivity index (χ1) is 8.07. The van der Waals surface area contributed by atoms with Gasteiger partial charge >= 0.3 is 0 Å². The average Bonchev–Trinajstić information content (AvgIpc) is 2.86. The maximum Gasteiger partial charge on any atom is 0.226 e. The largest absolute Gasteiger partial charge is 0.388 e. The molecule has 1 heterocycles. The van der Waals surface area contributed by atoms with Crippen LogP contribution in [0, 0.1) is 6.92 Å². The van der Waals surface area contributed by atoms with Crippen LogP contribution in [-0.4, -0.2) is 28.1 Å². The Kier molecular flexibility index (Phi) is 3.79. The standard InChI is InChI=1S/C12H18N2O2S/c1-9-14-10(7-17-9)6-11(15)13-8-12(16)4-2-3-5-12/h7,16H,2-6,8H2,1H3,(H,13,15). The second-order valence-electron chi connectivity index (χ2n) is 4.74. The normalized spacial score (nSPS) is 18.2. The average molecular weight is 254 g/mol. The number of carbonyl (C=O) groups is 1. The van der Waals surface area contributed by atoms with Crippen LogP contribution in [0.3, 0.4) is 0 Å². The molecule has 1 aromatic heterocycles. The number of nitrogens with one attached hydrogen (secondary N) is 1. The van der Waals surface area contributed by atoms with E-state index in [1.54, 1.807) is 11.3 Å². The molecule has 2 N–H and O–H groups in total. The van der Waals surface area contributed by atoms with Gasteiger partial charge in [0, 0.05) is 11.9 Å². The molecule has 0 aliphatic heterocycles. The van der Waals surface area contributed by atoms with E-state index in [2.05, 4.69) is 10.3 Å². The Morgan fingerprint density at radius 3 is 2.88 bits per heavy atom. The summed E-state index contributed by atoms with van der Waals surface area (Å²) in [7, 11) is 0. The lowest BCUT2D eigenvalue weighted by Crippen LogP contribution is -2.41. The number of aromatic nitrogens is 1. The molecule has 1 aliphatic rings. The Morgan fingerprint density at radius 2 is 2.29 bits per heavy atom. The van der Waals surface area contributed by atoms with Crippen molar-refractivity contribution in [1.82, 2.24) is 10.3 Å². The fourth-order valence-electron chi connectivity index (χ4n) is 2.19. The van der Waals surface area contributed by atoms with Gasteiger partial charge in [-0.05, 0) is 19.8 Å². The zero-order chi connectivity index (χ0) is 12.3. The van der Waals surface area contributed by atoms with Crippen LogP contribution in [0.5, 0.6) is 0 Å². The van der Waals surface area contributed by atoms with Crippen molar-refractivity contribution in [2.24, 2.45) is 0 Å². The number of rotatable bonds is 4. The van der Waals surface area contributed by atoms with Crippen LogP contribution in [0.1, 0.15) is 36.4 Å². The first-order valence-corrected chi connectivity index (χ1v) is 6.85. The van der Waals surface area contributed by atoms with Gasteiger partial charge in [-0.2, -0.15) is 0 Å². The molecule has 0 aromatic carbocycles. The van der Waals surface area contributed by atoms with E-state index in [1.165, 1.54) is 0 Å². The summed E-state index contributed by atoms with van der Waals surface area (Å²) in [5.41, 5.74) is 0.136. The number of hydrogen-bond acceptors (Lipinski definition) is 4. The summed E-state index contributed by atoms with van der Waals surface area (Å²) < 4.78 is 0. The van der Waals surface area contributed by atoms with Crippen LogP contribution in [0.4, 0.5) is 0 Å². The van der Waals surface area contributed by atoms with Crippen molar-refractivity contribution in [1.29, 1.82) is 0 Å². The van der Waals surface area contributed by atoms with Crippen molar-refractivity contribution in [3.63, 3.8) is 0 Å². The molecule has 0 saturated heterocycles. The molecule has 94 valence electrons. The van der Waals surface area contributed by atoms with Gasteiger partial charge in [0.15, 0.2) is 0 Å². The molecular weight excluding hydrogens is 236 g/mol. The van der Waals surface area contributed by atoms with E-state index in [-0.39, 0.29) is 5.91 Å². The highest BCUT2D eigenvalue weighted by molar-refractivity contribution is 7.09. The van der Waals surface area contributed by atoms with Crippen LogP contribution in [0.25, 0.3) is 0 Å². The van der Waals surface area contributed by atoms with Gasteiger partial charge in [0.25, 0.3) is 0 Å². The van der Waals surface area contributed by atoms with Gasteiger partial charge in [0.2, 0.25) is 5.91 Å². The molecular formula is C12H18N2O2S. The van der Waals surface area contributed by atoms with Gasteiger partial charge in [0.1, 0.15) is 0 Å². The Balaban J connectivity index is 1.77. The molecule has 0 bridgehead atoms. The highest BCUT2D eigenvalue weighted by atomic mass is 32.1. The zero-order valence-corrected chi connectivity index (χ0v) is 10.8. The smallest absolute Gasteiger partial charge is 0.226 e. The van der Waals surface area contributed by atoms with Crippen LogP contribution >= 0.6 is 11.3 Å². The van der Waals surface area contributed by atoms with Gasteiger partial charge in [0.05, 0.1) is 22.7 Å². The quantitative estimate of drug-likeness (QED) is 0.854. The predicted octanol–water partition coefficient (Wildman–Crippen LogP) is 1.42. The Bertz CT molecular complexity index is 397. The predicted molar refractivity (Wildman–Crippen MR) is 67.0 cm³/mol. The summed E-state index contributed by atoms with van der Waals surface area (Å²) in [5.74, 6) is -0.0596. The van der Waals surface area contributed by atoms with Gasteiger partial charge in [-0.15, -0.1) is 11.3 Å². The monoisotopic (exact) mass is 254 g/mol. The van der Waals surface area contributed by atoms with E-state index in [0.29, 0.717) is 13.0 Å². The fraction of sp³-hybridized carbons (Fsp3) is 0.667. The van der Waals surface area contributed by atoms with E-state index in [0.717, 1.165) is 36.4 Å². The lowest BCUT2D eigenvalue weighted by molar-refractivity contribution is -0.121. The molecule has 0 spiro atoms. The highest BCUT2D eigenvalue weighted by Crippen LogP contribution is 2.28. The molecule has 1 aromatic rings. The maximum atomic E-state index is 11.7. The lowest BCUT2D eigenvalue weighted by Gasteiger charge is -2.22. The maximum absolute atomic E-state index is 11.7. The minimum absolute atomic E-state index is 0.0596. The first-order valence-electron chi connectivity index (χ1n) is 5.97. The first kappa shape index (κ1) is 12.5. The number of amides is 1. The third-order valence-corrected chi connectivity index (χ3v) is 3.98. The number of carbonyl (C=O) groups excluding carboxylic acids is 1. The molecule has 1 amide bonds. The van der Waals surface area contributed by atoms with Crippen LogP contribution in [-0.2, 0) is 11.2 Å². The van der Waals surface area contributed by atoms with E-state index in [1.807, 2.05) is 12.3 Å². The summed E-state index contributed by atoms with van der Waals surface area (Å²) in [6.07, 6.45) is 4.00. The number of aryl methyl sites for hydroxylation is 1. The molecule has 4 nitrogen and oxygen atoms in total. The van der Waals surface area contributed by atoms with Gasteiger partial charge in [-0.25, -0.2) is 4.98 Å². The third-order valence-electron chi connectivity index (χ3n) is 3.16. The fourth-order valence-corrected chi connectivity index (χ4v) is 2.80. The van der Waals surface area contributed by atoms with E-state index >= 15 is 0 Å². The molecule has 0 radical (unpaired) electrons. The summed E-state index contributed by atoms with van der Waals surface area (Å²) in [4.78, 5) is 15.9. The van der Waals surface area contributed by atoms with Crippen molar-refractivity contribution < 1.29 is 9.90 Å². The summed E-state index contributed by atoms with van der Waals surface area (Å²) in [6, 6.07) is 0. The molecule has 2 rings (SSSR count). The molecule has 1 aliphatic carbocycles. The van der Waals surface area contributed by atoms with Gasteiger partial charge in [-0.3, -0.25) is 4.79 Å². The van der Waals surface area contributed by atoms with Crippen molar-refractivity contribution in [2.45, 2.75) is 44.6 Å². The molecule has 5 heteroatoms. The molecule has 0 atom stereocenters. The van der Waals surface area contributed by atoms with Crippen molar-refractivity contribution in [2.75, 3.05) is 6.54 Å². The summed E-state index contributed by atoms with van der Waals surface area (Å²) in [5, 5.41) is 15.8. The van der Waals surface area contributed by atoms with Crippen LogP contribution in [0.15, 0.2) is 5.38 Å². The van der Waals surface area contributed by atoms with Gasteiger partial charge in [-0.1, -0.05) is 12.8 Å². The van der Waals surface area contributed by atoms with E-state index in [4.69, 9.17) is 0 Å². The number of aliphatic hydroxyl groups is 1. The molecule has 1 fully saturated rings. The molecule has 17 heavy (non-hydrogen) atoms. The van der Waals surface area contributed by atoms with Crippen molar-refractivity contribution in [3.05, 3.63) is 16.1 Å². The summed E-state index contributed by atoms with van der Waals surface area (Å²) >= 11 is 1.55. The van der Waals surface area contributed by atoms with Crippen molar-refractivity contribution in [3.8, 4) is 0 Å². The van der Waals surface area contributed by atoms with E-state index < -0.39 is 5.60 Å². The minimum atomic E-state index is -0.673. The van der Waals surface area contributed by atoms with Crippen LogP contribution in [0.2, 0.25) is 0 Å². The highest BCUT2D eigenvalue weighted by Gasteiger charge is 2.31. The van der Waals surface area contributed by atoms with Crippen molar-refractivity contribution >= 4 is 17.2 Å². The number of thiazole rings is 1. The second kappa shape index (κ2) is 5.14. The van der Waals surface area contributed by atoms with Crippen LogP contribution < -0.4 is 5.32 Å². The Labute approximate surface area is 105 Å². The van der Waals surface area contributed by atoms with Gasteiger partial charge < -0.3 is 10.4 Å². The molecule has 1 saturated carbocycles. The second-order valence-corrected chi connectivity index (χ2v) is 5.81. The lowest BCUT2D eigenvalue weighted by atomic mass is 10.0. The Morgan fingerprint density at radius 1 is 1.59 bits per heavy atom. The Hall–Kier alpha value is -0.940. The number of nitrogens with zero attached hydrogens (tertiary/aromatic N) is 1. The number of hydrogen-bond donors (Lipinski definition) is 2. The third kappa shape index (κ3) is 3.51. The SMILES string of the molecule is Cc1nc(CC(=O)NCC2(O)CCCC2)cs1. The zero-order valence-electron chi connectivity index (χ0n) is 10.0. The minimum Gasteiger partial charge on any atom is -0.388 e. The molecule has 0 unspecified atom stereocenters.